The van der Waals surface area contributed by atoms with E-state index in [0.29, 0.717) is 12.6 Å². The molecule has 1 atom stereocenters. The van der Waals surface area contributed by atoms with Crippen LogP contribution < -0.4 is 5.32 Å². The molecule has 0 aliphatic carbocycles. The maximum Gasteiger partial charge on any atom is 0.127 e. The summed E-state index contributed by atoms with van der Waals surface area (Å²) in [7, 11) is 4.12. The summed E-state index contributed by atoms with van der Waals surface area (Å²) in [4.78, 5) is 2.15. The van der Waals surface area contributed by atoms with Crippen molar-refractivity contribution in [3.63, 3.8) is 0 Å². The molecule has 3 heteroatoms. The van der Waals surface area contributed by atoms with Crippen molar-refractivity contribution in [1.82, 2.24) is 10.2 Å². The highest BCUT2D eigenvalue weighted by Crippen LogP contribution is 2.19. The number of nitrogens with zero attached hydrogens (tertiary/aromatic N) is 1. The third-order valence-corrected chi connectivity index (χ3v) is 2.84. The van der Waals surface area contributed by atoms with E-state index in [-0.39, 0.29) is 5.82 Å². The Morgan fingerprint density at radius 2 is 2.27 bits per heavy atom. The Bertz CT molecular complexity index is 349. The molecule has 0 aromatic heterocycles. The highest BCUT2D eigenvalue weighted by Gasteiger charge is 2.20. The Hall–Kier alpha value is -0.930. The van der Waals surface area contributed by atoms with Gasteiger partial charge in [0.1, 0.15) is 5.82 Å². The van der Waals surface area contributed by atoms with Crippen molar-refractivity contribution in [2.75, 3.05) is 20.6 Å². The average Bonchev–Trinajstić information content (AvgIpc) is 2.17. The zero-order chi connectivity index (χ0) is 10.8. The van der Waals surface area contributed by atoms with Crippen LogP contribution in [0.3, 0.4) is 0 Å². The maximum atomic E-state index is 13.4. The van der Waals surface area contributed by atoms with E-state index in [1.807, 2.05) is 6.07 Å². The van der Waals surface area contributed by atoms with Crippen molar-refractivity contribution < 1.29 is 4.39 Å². The van der Waals surface area contributed by atoms with E-state index in [4.69, 9.17) is 0 Å². The first-order valence-electron chi connectivity index (χ1n) is 5.31. The van der Waals surface area contributed by atoms with Crippen molar-refractivity contribution in [2.45, 2.75) is 19.0 Å². The third kappa shape index (κ3) is 2.36. The van der Waals surface area contributed by atoms with E-state index in [2.05, 4.69) is 24.3 Å². The molecule has 0 bridgehead atoms. The van der Waals surface area contributed by atoms with Crippen LogP contribution in [0.4, 0.5) is 4.39 Å². The minimum absolute atomic E-state index is 0.0803. The van der Waals surface area contributed by atoms with Gasteiger partial charge in [-0.25, -0.2) is 4.39 Å². The Morgan fingerprint density at radius 3 is 3.00 bits per heavy atom. The smallest absolute Gasteiger partial charge is 0.127 e. The molecule has 1 aromatic carbocycles. The summed E-state index contributed by atoms with van der Waals surface area (Å²) >= 11 is 0. The quantitative estimate of drug-likeness (QED) is 0.790. The van der Waals surface area contributed by atoms with Gasteiger partial charge < -0.3 is 10.2 Å². The number of benzene rings is 1. The predicted octanol–water partition coefficient (Wildman–Crippen LogP) is 1.40. The molecule has 2 rings (SSSR count). The Balaban J connectivity index is 2.13. The molecule has 1 unspecified atom stereocenters. The van der Waals surface area contributed by atoms with Crippen molar-refractivity contribution in [1.29, 1.82) is 0 Å². The minimum atomic E-state index is -0.0803. The summed E-state index contributed by atoms with van der Waals surface area (Å²) in [6, 6.07) is 5.80. The fourth-order valence-corrected chi connectivity index (χ4v) is 2.15. The zero-order valence-corrected chi connectivity index (χ0v) is 9.26. The first-order valence-corrected chi connectivity index (χ1v) is 5.31. The summed E-state index contributed by atoms with van der Waals surface area (Å²) in [5.74, 6) is -0.0803. The molecule has 0 radical (unpaired) electrons. The SMILES string of the molecule is CN(C)CC1Cc2cccc(F)c2CN1. The van der Waals surface area contributed by atoms with Gasteiger partial charge in [-0.05, 0) is 32.1 Å². The van der Waals surface area contributed by atoms with Crippen molar-refractivity contribution in [2.24, 2.45) is 0 Å². The van der Waals surface area contributed by atoms with Gasteiger partial charge in [-0.1, -0.05) is 12.1 Å². The van der Waals surface area contributed by atoms with Gasteiger partial charge in [0.25, 0.3) is 0 Å². The minimum Gasteiger partial charge on any atom is -0.308 e. The second-order valence-corrected chi connectivity index (χ2v) is 4.42. The van der Waals surface area contributed by atoms with Gasteiger partial charge in [0.2, 0.25) is 0 Å². The lowest BCUT2D eigenvalue weighted by molar-refractivity contribution is 0.324. The van der Waals surface area contributed by atoms with E-state index in [1.165, 1.54) is 6.07 Å². The van der Waals surface area contributed by atoms with Crippen molar-refractivity contribution >= 4 is 0 Å². The molecule has 2 nitrogen and oxygen atoms in total. The number of rotatable bonds is 2. The molecule has 82 valence electrons. The average molecular weight is 208 g/mol. The topological polar surface area (TPSA) is 15.3 Å². The van der Waals surface area contributed by atoms with Gasteiger partial charge in [0, 0.05) is 24.7 Å². The fraction of sp³-hybridized carbons (Fsp3) is 0.500. The number of halogens is 1. The molecule has 1 aliphatic rings. The van der Waals surface area contributed by atoms with E-state index >= 15 is 0 Å². The van der Waals surface area contributed by atoms with Crippen LogP contribution in [0.5, 0.6) is 0 Å². The van der Waals surface area contributed by atoms with Gasteiger partial charge in [-0.15, -0.1) is 0 Å². The number of fused-ring (bicyclic) bond motifs is 1. The zero-order valence-electron chi connectivity index (χ0n) is 9.26. The lowest BCUT2D eigenvalue weighted by Crippen LogP contribution is -2.42. The molecular weight excluding hydrogens is 191 g/mol. The van der Waals surface area contributed by atoms with Crippen LogP contribution in [0.15, 0.2) is 18.2 Å². The summed E-state index contributed by atoms with van der Waals surface area (Å²) in [6.07, 6.45) is 0.922. The van der Waals surface area contributed by atoms with Crippen molar-refractivity contribution in [3.05, 3.63) is 35.1 Å². The van der Waals surface area contributed by atoms with E-state index < -0.39 is 0 Å². The molecule has 1 N–H and O–H groups in total. The largest absolute Gasteiger partial charge is 0.308 e. The molecule has 1 aromatic rings. The number of likely N-dealkylation sites (N-methyl/N-ethyl adjacent to an activating group) is 1. The monoisotopic (exact) mass is 208 g/mol. The second-order valence-electron chi connectivity index (χ2n) is 4.42. The van der Waals surface area contributed by atoms with Gasteiger partial charge in [-0.2, -0.15) is 0 Å². The van der Waals surface area contributed by atoms with Gasteiger partial charge in [0.05, 0.1) is 0 Å². The van der Waals surface area contributed by atoms with Crippen molar-refractivity contribution in [3.8, 4) is 0 Å². The molecule has 15 heavy (non-hydrogen) atoms. The maximum absolute atomic E-state index is 13.4. The summed E-state index contributed by atoms with van der Waals surface area (Å²) in [5, 5.41) is 3.37. The highest BCUT2D eigenvalue weighted by molar-refractivity contribution is 5.31. The number of nitrogens with one attached hydrogen (secondary N) is 1. The van der Waals surface area contributed by atoms with Crippen LogP contribution >= 0.6 is 0 Å². The molecule has 1 aliphatic heterocycles. The summed E-state index contributed by atoms with van der Waals surface area (Å²) in [5.41, 5.74) is 1.99. The molecule has 0 amide bonds. The Kier molecular flexibility index (Phi) is 3.03. The van der Waals surface area contributed by atoms with Crippen LogP contribution in [0.1, 0.15) is 11.1 Å². The van der Waals surface area contributed by atoms with Gasteiger partial charge >= 0.3 is 0 Å². The highest BCUT2D eigenvalue weighted by atomic mass is 19.1. The number of hydrogen-bond donors (Lipinski definition) is 1. The Labute approximate surface area is 90.1 Å². The van der Waals surface area contributed by atoms with Crippen LogP contribution in [0, 0.1) is 5.82 Å². The first kappa shape index (κ1) is 10.6. The third-order valence-electron chi connectivity index (χ3n) is 2.84. The van der Waals surface area contributed by atoms with E-state index in [9.17, 15) is 4.39 Å². The summed E-state index contributed by atoms with van der Waals surface area (Å²) in [6.45, 7) is 1.65. The standard InChI is InChI=1S/C12H17FN2/c1-15(2)8-10-6-9-4-3-5-12(13)11(9)7-14-10/h3-5,10,14H,6-8H2,1-2H3. The summed E-state index contributed by atoms with van der Waals surface area (Å²) < 4.78 is 13.4. The molecule has 0 spiro atoms. The normalized spacial score (nSPS) is 20.4. The predicted molar refractivity (Wildman–Crippen MR) is 59.3 cm³/mol. The van der Waals surface area contributed by atoms with E-state index in [1.54, 1.807) is 6.07 Å². The van der Waals surface area contributed by atoms with Crippen LogP contribution in [0.2, 0.25) is 0 Å². The molecule has 0 saturated heterocycles. The lowest BCUT2D eigenvalue weighted by Gasteiger charge is -2.28. The second kappa shape index (κ2) is 4.29. The molecular formula is C12H17FN2. The van der Waals surface area contributed by atoms with Crippen LogP contribution in [-0.2, 0) is 13.0 Å². The molecule has 0 saturated carbocycles. The van der Waals surface area contributed by atoms with E-state index in [0.717, 1.165) is 24.1 Å². The number of hydrogen-bond acceptors (Lipinski definition) is 2. The van der Waals surface area contributed by atoms with Gasteiger partial charge in [-0.3, -0.25) is 0 Å². The fourth-order valence-electron chi connectivity index (χ4n) is 2.15. The lowest BCUT2D eigenvalue weighted by atomic mass is 9.95. The molecule has 1 heterocycles. The van der Waals surface area contributed by atoms with Crippen LogP contribution in [-0.4, -0.2) is 31.6 Å². The molecule has 0 fully saturated rings. The van der Waals surface area contributed by atoms with Crippen LogP contribution in [0.25, 0.3) is 0 Å². The first-order chi connectivity index (χ1) is 7.16. The van der Waals surface area contributed by atoms with Gasteiger partial charge in [0.15, 0.2) is 0 Å². The Morgan fingerprint density at radius 1 is 1.47 bits per heavy atom.